The summed E-state index contributed by atoms with van der Waals surface area (Å²) in [6.45, 7) is 3.80. The van der Waals surface area contributed by atoms with Crippen LogP contribution < -0.4 is 14.2 Å². The summed E-state index contributed by atoms with van der Waals surface area (Å²) < 4.78 is 17.4. The maximum absolute atomic E-state index is 6.58. The van der Waals surface area contributed by atoms with Crippen molar-refractivity contribution in [3.8, 4) is 34.1 Å². The van der Waals surface area contributed by atoms with E-state index in [9.17, 15) is 0 Å². The first-order valence-corrected chi connectivity index (χ1v) is 13.0. The molecule has 0 spiro atoms. The number of likely N-dealkylation sites (tertiary alicyclic amines) is 1. The highest BCUT2D eigenvalue weighted by atomic mass is 16.5. The summed E-state index contributed by atoms with van der Waals surface area (Å²) in [7, 11) is 3.38. The first-order valence-electron chi connectivity index (χ1n) is 13.0. The largest absolute Gasteiger partial charge is 0.497 e. The maximum Gasteiger partial charge on any atom is 0.143 e. The van der Waals surface area contributed by atoms with E-state index in [-0.39, 0.29) is 0 Å². The Bertz CT molecular complexity index is 1280. The highest BCUT2D eigenvalue weighted by Gasteiger charge is 2.14. The molecule has 0 atom stereocenters. The Morgan fingerprint density at radius 3 is 2.11 bits per heavy atom. The fourth-order valence-electron chi connectivity index (χ4n) is 5.03. The van der Waals surface area contributed by atoms with Crippen LogP contribution >= 0.6 is 0 Å². The molecule has 0 bridgehead atoms. The lowest BCUT2D eigenvalue weighted by Gasteiger charge is -2.16. The van der Waals surface area contributed by atoms with Gasteiger partial charge in [-0.1, -0.05) is 30.3 Å². The number of hydrogen-bond acceptors (Lipinski definition) is 4. The predicted octanol–water partition coefficient (Wildman–Crippen LogP) is 7.73. The second kappa shape index (κ2) is 11.5. The molecule has 1 saturated heterocycles. The summed E-state index contributed by atoms with van der Waals surface area (Å²) in [5, 5.41) is 2.13. The molecule has 186 valence electrons. The lowest BCUT2D eigenvalue weighted by Crippen LogP contribution is -2.20. The standard InChI is InChI=1S/C32H35NO3/c1-34-27-15-10-25(11-16-27)30-18-12-26-23-29(35-2)17-19-31(26)32(30)36-28-13-8-24(9-14-28)7-3-4-20-33-21-5-6-22-33/h8-19,23H,3-7,20-22H2,1-2H3. The van der Waals surface area contributed by atoms with Crippen molar-refractivity contribution in [3.05, 3.63) is 84.4 Å². The van der Waals surface area contributed by atoms with E-state index >= 15 is 0 Å². The number of ether oxygens (including phenoxy) is 3. The van der Waals surface area contributed by atoms with Crippen molar-refractivity contribution in [2.45, 2.75) is 32.1 Å². The fraction of sp³-hybridized carbons (Fsp3) is 0.312. The van der Waals surface area contributed by atoms with Crippen molar-refractivity contribution in [1.29, 1.82) is 0 Å². The molecule has 1 aliphatic heterocycles. The number of hydrogen-bond donors (Lipinski definition) is 0. The molecule has 0 radical (unpaired) electrons. The topological polar surface area (TPSA) is 30.9 Å². The average molecular weight is 482 g/mol. The van der Waals surface area contributed by atoms with Gasteiger partial charge in [0, 0.05) is 10.9 Å². The molecule has 0 aromatic heterocycles. The van der Waals surface area contributed by atoms with Crippen LogP contribution in [0.4, 0.5) is 0 Å². The zero-order chi connectivity index (χ0) is 24.7. The number of rotatable bonds is 10. The van der Waals surface area contributed by atoms with Crippen LogP contribution in [0.5, 0.6) is 23.0 Å². The van der Waals surface area contributed by atoms with E-state index in [1.165, 1.54) is 50.9 Å². The summed E-state index contributed by atoms with van der Waals surface area (Å²) in [5.74, 6) is 3.36. The third-order valence-corrected chi connectivity index (χ3v) is 7.11. The number of aryl methyl sites for hydroxylation is 1. The molecule has 4 heteroatoms. The highest BCUT2D eigenvalue weighted by Crippen LogP contribution is 2.41. The van der Waals surface area contributed by atoms with Gasteiger partial charge >= 0.3 is 0 Å². The van der Waals surface area contributed by atoms with E-state index in [0.29, 0.717) is 0 Å². The molecule has 1 fully saturated rings. The zero-order valence-corrected chi connectivity index (χ0v) is 21.3. The van der Waals surface area contributed by atoms with Gasteiger partial charge in [-0.3, -0.25) is 0 Å². The lowest BCUT2D eigenvalue weighted by atomic mass is 9.99. The molecular formula is C32H35NO3. The van der Waals surface area contributed by atoms with Gasteiger partial charge in [0.1, 0.15) is 23.0 Å². The van der Waals surface area contributed by atoms with E-state index in [0.717, 1.165) is 51.3 Å². The third kappa shape index (κ3) is 5.66. The first kappa shape index (κ1) is 24.2. The van der Waals surface area contributed by atoms with Crippen LogP contribution in [0.3, 0.4) is 0 Å². The second-order valence-corrected chi connectivity index (χ2v) is 9.51. The third-order valence-electron chi connectivity index (χ3n) is 7.11. The minimum atomic E-state index is 0.833. The van der Waals surface area contributed by atoms with Crippen molar-refractivity contribution in [2.75, 3.05) is 33.9 Å². The van der Waals surface area contributed by atoms with Crippen molar-refractivity contribution in [1.82, 2.24) is 4.90 Å². The molecule has 36 heavy (non-hydrogen) atoms. The predicted molar refractivity (Wildman–Crippen MR) is 148 cm³/mol. The van der Waals surface area contributed by atoms with Crippen LogP contribution in [0.1, 0.15) is 31.2 Å². The van der Waals surface area contributed by atoms with E-state index in [1.54, 1.807) is 14.2 Å². The van der Waals surface area contributed by atoms with Gasteiger partial charge in [-0.2, -0.15) is 0 Å². The Kier molecular flexibility index (Phi) is 7.73. The van der Waals surface area contributed by atoms with Crippen LogP contribution in [-0.4, -0.2) is 38.8 Å². The number of nitrogens with zero attached hydrogens (tertiary/aromatic N) is 1. The van der Waals surface area contributed by atoms with Crippen LogP contribution in [0.25, 0.3) is 21.9 Å². The van der Waals surface area contributed by atoms with E-state index in [2.05, 4.69) is 59.5 Å². The van der Waals surface area contributed by atoms with Gasteiger partial charge in [-0.25, -0.2) is 0 Å². The molecule has 0 unspecified atom stereocenters. The monoisotopic (exact) mass is 481 g/mol. The van der Waals surface area contributed by atoms with Crippen molar-refractivity contribution < 1.29 is 14.2 Å². The van der Waals surface area contributed by atoms with Gasteiger partial charge in [-0.15, -0.1) is 0 Å². The summed E-state index contributed by atoms with van der Waals surface area (Å²) in [5.41, 5.74) is 3.49. The maximum atomic E-state index is 6.58. The van der Waals surface area contributed by atoms with Crippen molar-refractivity contribution in [3.63, 3.8) is 0 Å². The zero-order valence-electron chi connectivity index (χ0n) is 21.3. The Morgan fingerprint density at radius 2 is 1.39 bits per heavy atom. The molecule has 1 aliphatic rings. The highest BCUT2D eigenvalue weighted by molar-refractivity contribution is 5.96. The van der Waals surface area contributed by atoms with E-state index in [4.69, 9.17) is 14.2 Å². The van der Waals surface area contributed by atoms with Gasteiger partial charge in [0.05, 0.1) is 14.2 Å². The Morgan fingerprint density at radius 1 is 0.694 bits per heavy atom. The summed E-state index contributed by atoms with van der Waals surface area (Å²) >= 11 is 0. The first-order chi connectivity index (χ1) is 17.7. The summed E-state index contributed by atoms with van der Waals surface area (Å²) in [6.07, 6.45) is 6.34. The minimum absolute atomic E-state index is 0.833. The Labute approximate surface area is 214 Å². The van der Waals surface area contributed by atoms with Crippen molar-refractivity contribution >= 4 is 10.8 Å². The van der Waals surface area contributed by atoms with Gasteiger partial charge in [0.25, 0.3) is 0 Å². The molecule has 0 amide bonds. The molecule has 0 N–H and O–H groups in total. The number of methoxy groups -OCH3 is 2. The lowest BCUT2D eigenvalue weighted by molar-refractivity contribution is 0.330. The molecule has 5 rings (SSSR count). The quantitative estimate of drug-likeness (QED) is 0.217. The average Bonchev–Trinajstić information content (AvgIpc) is 3.45. The van der Waals surface area contributed by atoms with E-state index in [1.807, 2.05) is 24.3 Å². The molecule has 4 nitrogen and oxygen atoms in total. The summed E-state index contributed by atoms with van der Waals surface area (Å²) in [4.78, 5) is 2.59. The molecule has 0 aliphatic carbocycles. The van der Waals surface area contributed by atoms with Crippen LogP contribution in [0.2, 0.25) is 0 Å². The van der Waals surface area contributed by atoms with Crippen LogP contribution in [-0.2, 0) is 6.42 Å². The van der Waals surface area contributed by atoms with Gasteiger partial charge in [-0.05, 0) is 117 Å². The van der Waals surface area contributed by atoms with Gasteiger partial charge in [0.15, 0.2) is 0 Å². The Hall–Kier alpha value is -3.50. The SMILES string of the molecule is COc1ccc(-c2ccc3cc(OC)ccc3c2Oc2ccc(CCCCN3CCCC3)cc2)cc1. The normalized spacial score (nSPS) is 13.7. The van der Waals surface area contributed by atoms with Gasteiger partial charge in [0.2, 0.25) is 0 Å². The molecular weight excluding hydrogens is 446 g/mol. The fourth-order valence-corrected chi connectivity index (χ4v) is 5.03. The van der Waals surface area contributed by atoms with Crippen LogP contribution in [0.15, 0.2) is 78.9 Å². The number of unbranched alkanes of at least 4 members (excludes halogenated alkanes) is 1. The molecule has 0 saturated carbocycles. The number of benzene rings is 4. The van der Waals surface area contributed by atoms with Crippen LogP contribution in [0, 0.1) is 0 Å². The molecule has 4 aromatic rings. The Balaban J connectivity index is 1.36. The van der Waals surface area contributed by atoms with Crippen molar-refractivity contribution in [2.24, 2.45) is 0 Å². The van der Waals surface area contributed by atoms with Gasteiger partial charge < -0.3 is 19.1 Å². The molecule has 4 aromatic carbocycles. The summed E-state index contributed by atoms with van der Waals surface area (Å²) in [6, 6.07) is 27.0. The number of fused-ring (bicyclic) bond motifs is 1. The smallest absolute Gasteiger partial charge is 0.143 e. The van der Waals surface area contributed by atoms with E-state index < -0.39 is 0 Å². The second-order valence-electron chi connectivity index (χ2n) is 9.51. The minimum Gasteiger partial charge on any atom is -0.497 e. The molecule has 1 heterocycles.